The van der Waals surface area contributed by atoms with Gasteiger partial charge >= 0.3 is 18.0 Å². The topological polar surface area (TPSA) is 116 Å². The maximum Gasteiger partial charge on any atom is 0.326 e. The van der Waals surface area contributed by atoms with Gasteiger partial charge in [-0.2, -0.15) is 0 Å². The molecule has 1 atom stereocenters. The summed E-state index contributed by atoms with van der Waals surface area (Å²) in [5.74, 6) is -2.19. The van der Waals surface area contributed by atoms with Gasteiger partial charge < -0.3 is 20.8 Å². The zero-order valence-corrected chi connectivity index (χ0v) is 9.31. The van der Waals surface area contributed by atoms with Gasteiger partial charge in [-0.05, 0) is 12.8 Å². The van der Waals surface area contributed by atoms with Crippen LogP contribution in [-0.4, -0.2) is 40.8 Å². The van der Waals surface area contributed by atoms with Gasteiger partial charge in [0, 0.05) is 13.0 Å². The van der Waals surface area contributed by atoms with Crippen LogP contribution in [0, 0.1) is 0 Å². The third-order valence-electron chi connectivity index (χ3n) is 1.89. The summed E-state index contributed by atoms with van der Waals surface area (Å²) in [5.41, 5.74) is 0. The van der Waals surface area contributed by atoms with Gasteiger partial charge in [-0.25, -0.2) is 9.59 Å². The Bertz CT molecular complexity index is 303. The second kappa shape index (κ2) is 8.14. The summed E-state index contributed by atoms with van der Waals surface area (Å²) in [6.07, 6.45) is 1.59. The normalized spacial score (nSPS) is 11.3. The highest BCUT2D eigenvalue weighted by molar-refractivity contribution is 5.82. The van der Waals surface area contributed by atoms with Crippen molar-refractivity contribution in [2.45, 2.75) is 25.3 Å². The predicted molar refractivity (Wildman–Crippen MR) is 59.6 cm³/mol. The molecule has 4 N–H and O–H groups in total. The highest BCUT2D eigenvalue weighted by Crippen LogP contribution is 2.01. The Hall–Kier alpha value is -2.05. The van der Waals surface area contributed by atoms with E-state index in [0.717, 1.165) is 0 Å². The summed E-state index contributed by atoms with van der Waals surface area (Å²) in [6, 6.07) is -1.70. The van der Waals surface area contributed by atoms with Gasteiger partial charge in [0.15, 0.2) is 0 Å². The quantitative estimate of drug-likeness (QED) is 0.454. The molecule has 7 nitrogen and oxygen atoms in total. The minimum atomic E-state index is -1.19. The Morgan fingerprint density at radius 1 is 1.29 bits per heavy atom. The van der Waals surface area contributed by atoms with Crippen molar-refractivity contribution in [3.05, 3.63) is 12.7 Å². The lowest BCUT2D eigenvalue weighted by Crippen LogP contribution is -2.46. The molecule has 0 radical (unpaired) electrons. The van der Waals surface area contributed by atoms with Crippen LogP contribution in [-0.2, 0) is 9.59 Å². The molecule has 2 amide bonds. The predicted octanol–water partition coefficient (Wildman–Crippen LogP) is 0.180. The Labute approximate surface area is 98.5 Å². The number of carbonyl (C=O) groups excluding carboxylic acids is 1. The number of carboxylic acid groups (broad SMARTS) is 2. The van der Waals surface area contributed by atoms with Gasteiger partial charge in [-0.1, -0.05) is 6.08 Å². The lowest BCUT2D eigenvalue weighted by atomic mass is 10.1. The number of aliphatic carboxylic acids is 2. The van der Waals surface area contributed by atoms with E-state index in [1.54, 1.807) is 0 Å². The van der Waals surface area contributed by atoms with E-state index in [-0.39, 0.29) is 25.8 Å². The summed E-state index contributed by atoms with van der Waals surface area (Å²) in [7, 11) is 0. The van der Waals surface area contributed by atoms with Crippen molar-refractivity contribution >= 4 is 18.0 Å². The third kappa shape index (κ3) is 7.83. The van der Waals surface area contributed by atoms with E-state index in [1.165, 1.54) is 6.08 Å². The molecule has 0 spiro atoms. The molecule has 0 aliphatic carbocycles. The van der Waals surface area contributed by atoms with Gasteiger partial charge in [0.05, 0.1) is 0 Å². The SMILES string of the molecule is C=CCNC(=O)N[C@H](CCCC(=O)O)C(=O)O. The summed E-state index contributed by atoms with van der Waals surface area (Å²) in [6.45, 7) is 3.62. The fourth-order valence-electron chi connectivity index (χ4n) is 1.09. The van der Waals surface area contributed by atoms with Crippen molar-refractivity contribution in [1.29, 1.82) is 0 Å². The molecule has 0 heterocycles. The van der Waals surface area contributed by atoms with E-state index in [9.17, 15) is 14.4 Å². The highest BCUT2D eigenvalue weighted by Gasteiger charge is 2.19. The van der Waals surface area contributed by atoms with Crippen molar-refractivity contribution in [2.75, 3.05) is 6.54 Å². The van der Waals surface area contributed by atoms with Crippen molar-refractivity contribution in [2.24, 2.45) is 0 Å². The minimum Gasteiger partial charge on any atom is -0.481 e. The number of hydrogen-bond acceptors (Lipinski definition) is 3. The first-order valence-corrected chi connectivity index (χ1v) is 5.07. The van der Waals surface area contributed by atoms with Crippen LogP contribution < -0.4 is 10.6 Å². The standard InChI is InChI=1S/C10H16N2O5/c1-2-6-11-10(17)12-7(9(15)16)4-3-5-8(13)14/h2,7H,1,3-6H2,(H,13,14)(H,15,16)(H2,11,12,17)/t7-/m1/s1. The van der Waals surface area contributed by atoms with Crippen LogP contribution in [0.4, 0.5) is 4.79 Å². The summed E-state index contributed by atoms with van der Waals surface area (Å²) in [5, 5.41) is 21.8. The Kier molecular flexibility index (Phi) is 7.16. The average Bonchev–Trinajstić information content (AvgIpc) is 2.24. The van der Waals surface area contributed by atoms with Crippen LogP contribution in [0.15, 0.2) is 12.7 Å². The molecular formula is C10H16N2O5. The van der Waals surface area contributed by atoms with E-state index in [0.29, 0.717) is 0 Å². The largest absolute Gasteiger partial charge is 0.481 e. The molecule has 17 heavy (non-hydrogen) atoms. The maximum absolute atomic E-state index is 11.2. The van der Waals surface area contributed by atoms with Gasteiger partial charge in [-0.3, -0.25) is 4.79 Å². The van der Waals surface area contributed by atoms with Gasteiger partial charge in [0.1, 0.15) is 6.04 Å². The molecule has 96 valence electrons. The molecule has 0 aliphatic heterocycles. The van der Waals surface area contributed by atoms with E-state index >= 15 is 0 Å². The van der Waals surface area contributed by atoms with Crippen LogP contribution in [0.25, 0.3) is 0 Å². The molecular weight excluding hydrogens is 228 g/mol. The van der Waals surface area contributed by atoms with E-state index in [1.807, 2.05) is 0 Å². The summed E-state index contributed by atoms with van der Waals surface area (Å²) in [4.78, 5) is 32.2. The van der Waals surface area contributed by atoms with Crippen LogP contribution in [0.2, 0.25) is 0 Å². The fraction of sp³-hybridized carbons (Fsp3) is 0.500. The number of hydrogen-bond donors (Lipinski definition) is 4. The van der Waals surface area contributed by atoms with Crippen LogP contribution >= 0.6 is 0 Å². The minimum absolute atomic E-state index is 0.0726. The first-order valence-electron chi connectivity index (χ1n) is 5.07. The number of carbonyl (C=O) groups is 3. The molecule has 0 aromatic rings. The third-order valence-corrected chi connectivity index (χ3v) is 1.89. The zero-order valence-electron chi connectivity index (χ0n) is 9.31. The molecule has 0 aliphatic rings. The number of urea groups is 1. The number of nitrogens with one attached hydrogen (secondary N) is 2. The maximum atomic E-state index is 11.2. The second-order valence-electron chi connectivity index (χ2n) is 3.32. The first-order chi connectivity index (χ1) is 7.97. The van der Waals surface area contributed by atoms with Crippen molar-refractivity contribution in [3.8, 4) is 0 Å². The van der Waals surface area contributed by atoms with Crippen molar-refractivity contribution in [3.63, 3.8) is 0 Å². The summed E-state index contributed by atoms with van der Waals surface area (Å²) >= 11 is 0. The molecule has 0 bridgehead atoms. The van der Waals surface area contributed by atoms with E-state index < -0.39 is 24.0 Å². The molecule has 0 rings (SSSR count). The second-order valence-corrected chi connectivity index (χ2v) is 3.32. The van der Waals surface area contributed by atoms with Crippen molar-refractivity contribution < 1.29 is 24.6 Å². The average molecular weight is 244 g/mol. The monoisotopic (exact) mass is 244 g/mol. The lowest BCUT2D eigenvalue weighted by Gasteiger charge is -2.14. The molecule has 0 aromatic carbocycles. The van der Waals surface area contributed by atoms with E-state index in [2.05, 4.69) is 17.2 Å². The molecule has 7 heteroatoms. The zero-order chi connectivity index (χ0) is 13.3. The number of rotatable bonds is 8. The first kappa shape index (κ1) is 14.9. The van der Waals surface area contributed by atoms with Gasteiger partial charge in [0.25, 0.3) is 0 Å². The summed E-state index contributed by atoms with van der Waals surface area (Å²) < 4.78 is 0. The lowest BCUT2D eigenvalue weighted by molar-refractivity contribution is -0.140. The highest BCUT2D eigenvalue weighted by atomic mass is 16.4. The molecule has 0 saturated carbocycles. The molecule has 0 saturated heterocycles. The van der Waals surface area contributed by atoms with Crippen LogP contribution in [0.5, 0.6) is 0 Å². The molecule has 0 unspecified atom stereocenters. The smallest absolute Gasteiger partial charge is 0.326 e. The van der Waals surface area contributed by atoms with Gasteiger partial charge in [0.2, 0.25) is 0 Å². The van der Waals surface area contributed by atoms with Crippen LogP contribution in [0.3, 0.4) is 0 Å². The van der Waals surface area contributed by atoms with E-state index in [4.69, 9.17) is 10.2 Å². The van der Waals surface area contributed by atoms with Gasteiger partial charge in [-0.15, -0.1) is 6.58 Å². The fourth-order valence-corrected chi connectivity index (χ4v) is 1.09. The molecule has 0 fully saturated rings. The van der Waals surface area contributed by atoms with Crippen LogP contribution in [0.1, 0.15) is 19.3 Å². The molecule has 0 aromatic heterocycles. The number of carboxylic acids is 2. The Balaban J connectivity index is 4.05. The Morgan fingerprint density at radius 3 is 2.41 bits per heavy atom. The number of amides is 2. The Morgan fingerprint density at radius 2 is 1.94 bits per heavy atom. The van der Waals surface area contributed by atoms with Crippen molar-refractivity contribution in [1.82, 2.24) is 10.6 Å².